The fraction of sp³-hybridized carbons (Fsp3) is 0.400. The van der Waals surface area contributed by atoms with Gasteiger partial charge in [-0.1, -0.05) is 0 Å². The highest BCUT2D eigenvalue weighted by Gasteiger charge is 2.07. The Kier molecular flexibility index (Phi) is 3.49. The molecule has 16 heavy (non-hydrogen) atoms. The van der Waals surface area contributed by atoms with Gasteiger partial charge in [0.2, 0.25) is 0 Å². The first-order valence-electron chi connectivity index (χ1n) is 4.99. The average molecular weight is 348 g/mol. The maximum absolute atomic E-state index is 4.48. The molecule has 2 rings (SSSR count). The second kappa shape index (κ2) is 4.71. The molecule has 0 unspecified atom stereocenters. The summed E-state index contributed by atoms with van der Waals surface area (Å²) in [6.45, 7) is 4.89. The van der Waals surface area contributed by atoms with Crippen LogP contribution >= 0.6 is 31.9 Å². The van der Waals surface area contributed by atoms with Gasteiger partial charge in [-0.05, 0) is 51.8 Å². The summed E-state index contributed by atoms with van der Waals surface area (Å²) in [6, 6.07) is 4.32. The number of halogens is 2. The van der Waals surface area contributed by atoms with E-state index in [1.807, 2.05) is 27.7 Å². The lowest BCUT2D eigenvalue weighted by molar-refractivity contribution is 0.520. The van der Waals surface area contributed by atoms with Gasteiger partial charge in [-0.3, -0.25) is 9.36 Å². The molecule has 0 amide bonds. The van der Waals surface area contributed by atoms with Crippen LogP contribution in [0.5, 0.6) is 0 Å². The largest absolute Gasteiger partial charge is 0.270 e. The molecular formula is C10H12Br2N4. The Labute approximate surface area is 111 Å². The van der Waals surface area contributed by atoms with Gasteiger partial charge in [0.15, 0.2) is 0 Å². The van der Waals surface area contributed by atoms with Crippen molar-refractivity contribution in [2.75, 3.05) is 0 Å². The van der Waals surface area contributed by atoms with Crippen LogP contribution in [0.2, 0.25) is 0 Å². The Morgan fingerprint density at radius 3 is 2.56 bits per heavy atom. The van der Waals surface area contributed by atoms with Crippen LogP contribution in [0.3, 0.4) is 0 Å². The Hall–Kier alpha value is -0.620. The van der Waals surface area contributed by atoms with E-state index in [9.17, 15) is 0 Å². The van der Waals surface area contributed by atoms with Gasteiger partial charge in [-0.15, -0.1) is 0 Å². The van der Waals surface area contributed by atoms with Crippen LogP contribution < -0.4 is 0 Å². The molecule has 0 atom stereocenters. The van der Waals surface area contributed by atoms with E-state index in [1.165, 1.54) is 0 Å². The number of aromatic nitrogens is 4. The zero-order valence-electron chi connectivity index (χ0n) is 9.06. The van der Waals surface area contributed by atoms with Crippen molar-refractivity contribution in [3.63, 3.8) is 0 Å². The molecule has 4 nitrogen and oxygen atoms in total. The highest BCUT2D eigenvalue weighted by Crippen LogP contribution is 2.17. The Morgan fingerprint density at radius 1 is 1.31 bits per heavy atom. The minimum Gasteiger partial charge on any atom is -0.270 e. The zero-order chi connectivity index (χ0) is 11.7. The minimum absolute atomic E-state index is 0.390. The number of rotatable bonds is 3. The van der Waals surface area contributed by atoms with Crippen molar-refractivity contribution >= 4 is 31.9 Å². The molecule has 2 heterocycles. The van der Waals surface area contributed by atoms with E-state index in [2.05, 4.69) is 55.9 Å². The highest BCUT2D eigenvalue weighted by atomic mass is 79.9. The monoisotopic (exact) mass is 346 g/mol. The standard InChI is InChI=1S/C10H12Br2N4/c1-7(2)15-4-3-8(13-15)6-16-10(12)5-9(11)14-16/h3-5,7H,6H2,1-2H3. The summed E-state index contributed by atoms with van der Waals surface area (Å²) in [6.07, 6.45) is 1.99. The van der Waals surface area contributed by atoms with Crippen LogP contribution in [0.15, 0.2) is 27.5 Å². The summed E-state index contributed by atoms with van der Waals surface area (Å²) in [5, 5.41) is 8.77. The lowest BCUT2D eigenvalue weighted by atomic mass is 10.4. The molecule has 0 fully saturated rings. The molecular weight excluding hydrogens is 336 g/mol. The molecule has 0 aliphatic rings. The van der Waals surface area contributed by atoms with Gasteiger partial charge in [0.05, 0.1) is 12.2 Å². The van der Waals surface area contributed by atoms with Crippen LogP contribution in [0.25, 0.3) is 0 Å². The summed E-state index contributed by atoms with van der Waals surface area (Å²) in [4.78, 5) is 0. The first-order valence-corrected chi connectivity index (χ1v) is 6.58. The molecule has 0 aliphatic heterocycles. The molecule has 6 heteroatoms. The Balaban J connectivity index is 2.17. The molecule has 0 aliphatic carbocycles. The third kappa shape index (κ3) is 2.55. The topological polar surface area (TPSA) is 35.6 Å². The Bertz CT molecular complexity index is 487. The molecule has 0 N–H and O–H groups in total. The quantitative estimate of drug-likeness (QED) is 0.854. The van der Waals surface area contributed by atoms with E-state index in [-0.39, 0.29) is 0 Å². The molecule has 2 aromatic rings. The molecule has 2 aromatic heterocycles. The predicted molar refractivity (Wildman–Crippen MR) is 69.3 cm³/mol. The van der Waals surface area contributed by atoms with Crippen molar-refractivity contribution in [2.45, 2.75) is 26.4 Å². The van der Waals surface area contributed by atoms with Crippen LogP contribution in [0.1, 0.15) is 25.6 Å². The fourth-order valence-electron chi connectivity index (χ4n) is 1.38. The van der Waals surface area contributed by atoms with Crippen molar-refractivity contribution < 1.29 is 0 Å². The van der Waals surface area contributed by atoms with Crippen molar-refractivity contribution in [3.05, 3.63) is 33.2 Å². The van der Waals surface area contributed by atoms with E-state index >= 15 is 0 Å². The molecule has 0 bridgehead atoms. The van der Waals surface area contributed by atoms with Gasteiger partial charge in [-0.25, -0.2) is 0 Å². The lowest BCUT2D eigenvalue weighted by Crippen LogP contribution is -2.05. The summed E-state index contributed by atoms with van der Waals surface area (Å²) < 4.78 is 5.57. The summed E-state index contributed by atoms with van der Waals surface area (Å²) in [5.74, 6) is 0. The van der Waals surface area contributed by atoms with Crippen LogP contribution in [-0.2, 0) is 6.54 Å². The highest BCUT2D eigenvalue weighted by molar-refractivity contribution is 9.11. The number of hydrogen-bond acceptors (Lipinski definition) is 2. The van der Waals surface area contributed by atoms with E-state index in [1.54, 1.807) is 0 Å². The van der Waals surface area contributed by atoms with Crippen molar-refractivity contribution in [1.82, 2.24) is 19.6 Å². The van der Waals surface area contributed by atoms with Crippen molar-refractivity contribution in [2.24, 2.45) is 0 Å². The third-order valence-electron chi connectivity index (χ3n) is 2.21. The van der Waals surface area contributed by atoms with Gasteiger partial charge in [0, 0.05) is 18.3 Å². The van der Waals surface area contributed by atoms with Crippen molar-refractivity contribution in [3.8, 4) is 0 Å². The second-order valence-electron chi connectivity index (χ2n) is 3.83. The SMILES string of the molecule is CC(C)n1ccc(Cn2nc(Br)cc2Br)n1. The smallest absolute Gasteiger partial charge is 0.129 e. The van der Waals surface area contributed by atoms with E-state index in [4.69, 9.17) is 0 Å². The summed E-state index contributed by atoms with van der Waals surface area (Å²) >= 11 is 6.78. The van der Waals surface area contributed by atoms with Crippen LogP contribution in [0.4, 0.5) is 0 Å². The van der Waals surface area contributed by atoms with Gasteiger partial charge in [0.25, 0.3) is 0 Å². The second-order valence-corrected chi connectivity index (χ2v) is 5.45. The molecule has 0 saturated heterocycles. The average Bonchev–Trinajstić information content (AvgIpc) is 2.75. The molecule has 0 saturated carbocycles. The molecule has 86 valence electrons. The predicted octanol–water partition coefficient (Wildman–Crippen LogP) is 3.23. The van der Waals surface area contributed by atoms with Crippen LogP contribution in [-0.4, -0.2) is 19.6 Å². The van der Waals surface area contributed by atoms with E-state index in [0.717, 1.165) is 14.9 Å². The molecule has 0 aromatic carbocycles. The maximum Gasteiger partial charge on any atom is 0.129 e. The molecule has 0 radical (unpaired) electrons. The lowest BCUT2D eigenvalue weighted by Gasteiger charge is -2.04. The fourth-order valence-corrected chi connectivity index (χ4v) is 2.52. The van der Waals surface area contributed by atoms with E-state index < -0.39 is 0 Å². The van der Waals surface area contributed by atoms with Gasteiger partial charge in [0.1, 0.15) is 9.21 Å². The number of hydrogen-bond donors (Lipinski definition) is 0. The van der Waals surface area contributed by atoms with Crippen LogP contribution in [0, 0.1) is 0 Å². The van der Waals surface area contributed by atoms with Gasteiger partial charge >= 0.3 is 0 Å². The first-order chi connectivity index (χ1) is 7.56. The minimum atomic E-state index is 0.390. The van der Waals surface area contributed by atoms with E-state index in [0.29, 0.717) is 12.6 Å². The van der Waals surface area contributed by atoms with Crippen molar-refractivity contribution in [1.29, 1.82) is 0 Å². The van der Waals surface area contributed by atoms with Gasteiger partial charge in [-0.2, -0.15) is 10.2 Å². The number of nitrogens with zero attached hydrogens (tertiary/aromatic N) is 4. The first kappa shape index (κ1) is 11.9. The zero-order valence-corrected chi connectivity index (χ0v) is 12.2. The third-order valence-corrected chi connectivity index (χ3v) is 3.23. The Morgan fingerprint density at radius 2 is 2.06 bits per heavy atom. The maximum atomic E-state index is 4.48. The van der Waals surface area contributed by atoms with Gasteiger partial charge < -0.3 is 0 Å². The summed E-state index contributed by atoms with van der Waals surface area (Å²) in [7, 11) is 0. The normalized spacial score (nSPS) is 11.3. The summed E-state index contributed by atoms with van der Waals surface area (Å²) in [5.41, 5.74) is 1.00. The molecule has 0 spiro atoms.